The zero-order valence-corrected chi connectivity index (χ0v) is 11.7. The number of hydrogen-bond acceptors (Lipinski definition) is 0. The van der Waals surface area contributed by atoms with Crippen molar-refractivity contribution >= 4 is 11.6 Å². The highest BCUT2D eigenvalue weighted by molar-refractivity contribution is 6.30. The molecule has 94 valence electrons. The lowest BCUT2D eigenvalue weighted by Gasteiger charge is -2.22. The molecule has 1 aliphatic carbocycles. The van der Waals surface area contributed by atoms with Gasteiger partial charge in [-0.3, -0.25) is 0 Å². The van der Waals surface area contributed by atoms with Gasteiger partial charge in [-0.05, 0) is 54.7 Å². The van der Waals surface area contributed by atoms with Crippen molar-refractivity contribution in [2.24, 2.45) is 17.8 Å². The Balaban J connectivity index is 1.97. The molecule has 1 heteroatoms. The van der Waals surface area contributed by atoms with Gasteiger partial charge in [-0.15, -0.1) is 0 Å². The Morgan fingerprint density at radius 1 is 1.24 bits per heavy atom. The predicted molar refractivity (Wildman–Crippen MR) is 75.4 cm³/mol. The summed E-state index contributed by atoms with van der Waals surface area (Å²) in [6, 6.07) is 8.40. The fourth-order valence-electron chi connectivity index (χ4n) is 3.25. The topological polar surface area (TPSA) is 0 Å². The van der Waals surface area contributed by atoms with Crippen LogP contribution in [0, 0.1) is 17.8 Å². The fourth-order valence-corrected chi connectivity index (χ4v) is 3.37. The number of rotatable bonds is 4. The summed E-state index contributed by atoms with van der Waals surface area (Å²) in [5.74, 6) is 2.76. The van der Waals surface area contributed by atoms with Gasteiger partial charge in [0.1, 0.15) is 0 Å². The van der Waals surface area contributed by atoms with E-state index in [4.69, 9.17) is 11.6 Å². The lowest BCUT2D eigenvalue weighted by atomic mass is 9.83. The molecule has 0 aromatic heterocycles. The minimum Gasteiger partial charge on any atom is -0.0843 e. The molecule has 1 aromatic rings. The Hall–Kier alpha value is -0.490. The average Bonchev–Trinajstić information content (AvgIpc) is 2.75. The first-order valence-corrected chi connectivity index (χ1v) is 7.31. The molecular formula is C16H23Cl. The number of hydrogen-bond donors (Lipinski definition) is 0. The lowest BCUT2D eigenvalue weighted by molar-refractivity contribution is 0.319. The second kappa shape index (κ2) is 5.91. The van der Waals surface area contributed by atoms with Crippen LogP contribution in [0.5, 0.6) is 0 Å². The summed E-state index contributed by atoms with van der Waals surface area (Å²) in [7, 11) is 0. The van der Waals surface area contributed by atoms with Gasteiger partial charge in [0, 0.05) is 5.02 Å². The molecule has 0 radical (unpaired) electrons. The van der Waals surface area contributed by atoms with Crippen LogP contribution in [-0.2, 0) is 6.42 Å². The molecular weight excluding hydrogens is 228 g/mol. The van der Waals surface area contributed by atoms with Gasteiger partial charge in [0.2, 0.25) is 0 Å². The standard InChI is InChI=1S/C16H23Cl/c1-3-14(15-7-4-12(2)10-15)11-13-5-8-16(17)9-6-13/h5-6,8-9,12,14-15H,3-4,7,10-11H2,1-2H3. The largest absolute Gasteiger partial charge is 0.0843 e. The zero-order valence-electron chi connectivity index (χ0n) is 11.0. The Labute approximate surface area is 110 Å². The van der Waals surface area contributed by atoms with E-state index in [2.05, 4.69) is 26.0 Å². The number of halogens is 1. The molecule has 2 rings (SSSR count). The second-order valence-electron chi connectivity index (χ2n) is 5.68. The Morgan fingerprint density at radius 2 is 1.94 bits per heavy atom. The van der Waals surface area contributed by atoms with Crippen molar-refractivity contribution in [2.45, 2.75) is 46.0 Å². The molecule has 0 nitrogen and oxygen atoms in total. The SMILES string of the molecule is CCC(Cc1ccc(Cl)cc1)C1CCC(C)C1. The summed E-state index contributed by atoms with van der Waals surface area (Å²) in [6.07, 6.45) is 6.84. The van der Waals surface area contributed by atoms with Gasteiger partial charge in [-0.25, -0.2) is 0 Å². The summed E-state index contributed by atoms with van der Waals surface area (Å²) in [5.41, 5.74) is 1.45. The molecule has 1 aromatic carbocycles. The molecule has 0 N–H and O–H groups in total. The molecule has 17 heavy (non-hydrogen) atoms. The van der Waals surface area contributed by atoms with E-state index in [1.165, 1.54) is 37.7 Å². The van der Waals surface area contributed by atoms with Crippen LogP contribution >= 0.6 is 11.6 Å². The lowest BCUT2D eigenvalue weighted by Crippen LogP contribution is -2.14. The van der Waals surface area contributed by atoms with Gasteiger partial charge in [0.25, 0.3) is 0 Å². The molecule has 0 saturated heterocycles. The van der Waals surface area contributed by atoms with Crippen molar-refractivity contribution in [2.75, 3.05) is 0 Å². The first-order chi connectivity index (χ1) is 8.19. The highest BCUT2D eigenvalue weighted by Gasteiger charge is 2.27. The summed E-state index contributed by atoms with van der Waals surface area (Å²) >= 11 is 5.93. The third-order valence-corrected chi connectivity index (χ3v) is 4.59. The molecule has 0 bridgehead atoms. The Bertz CT molecular complexity index is 341. The maximum atomic E-state index is 5.93. The van der Waals surface area contributed by atoms with Crippen LogP contribution in [0.15, 0.2) is 24.3 Å². The van der Waals surface area contributed by atoms with Gasteiger partial charge in [-0.1, -0.05) is 50.4 Å². The van der Waals surface area contributed by atoms with Gasteiger partial charge in [0.05, 0.1) is 0 Å². The van der Waals surface area contributed by atoms with Crippen molar-refractivity contribution in [3.8, 4) is 0 Å². The molecule has 1 aliphatic rings. The molecule has 3 unspecified atom stereocenters. The highest BCUT2D eigenvalue weighted by atomic mass is 35.5. The van der Waals surface area contributed by atoms with Crippen LogP contribution in [0.2, 0.25) is 5.02 Å². The molecule has 0 amide bonds. The van der Waals surface area contributed by atoms with Crippen LogP contribution in [-0.4, -0.2) is 0 Å². The predicted octanol–water partition coefficient (Wildman–Crippen LogP) is 5.34. The van der Waals surface area contributed by atoms with Crippen molar-refractivity contribution in [1.29, 1.82) is 0 Å². The fraction of sp³-hybridized carbons (Fsp3) is 0.625. The van der Waals surface area contributed by atoms with Gasteiger partial charge in [0.15, 0.2) is 0 Å². The third-order valence-electron chi connectivity index (χ3n) is 4.34. The second-order valence-corrected chi connectivity index (χ2v) is 6.11. The minimum absolute atomic E-state index is 0.844. The van der Waals surface area contributed by atoms with Gasteiger partial charge in [-0.2, -0.15) is 0 Å². The van der Waals surface area contributed by atoms with Crippen LogP contribution in [0.1, 0.15) is 45.1 Å². The van der Waals surface area contributed by atoms with E-state index < -0.39 is 0 Å². The van der Waals surface area contributed by atoms with Gasteiger partial charge < -0.3 is 0 Å². The molecule has 0 aliphatic heterocycles. The molecule has 0 spiro atoms. The first-order valence-electron chi connectivity index (χ1n) is 6.93. The van der Waals surface area contributed by atoms with Crippen molar-refractivity contribution < 1.29 is 0 Å². The monoisotopic (exact) mass is 250 g/mol. The summed E-state index contributed by atoms with van der Waals surface area (Å²) in [6.45, 7) is 4.73. The maximum absolute atomic E-state index is 5.93. The van der Waals surface area contributed by atoms with Crippen molar-refractivity contribution in [1.82, 2.24) is 0 Å². The molecule has 0 heterocycles. The van der Waals surface area contributed by atoms with Crippen molar-refractivity contribution in [3.05, 3.63) is 34.9 Å². The van der Waals surface area contributed by atoms with E-state index in [-0.39, 0.29) is 0 Å². The molecule has 3 atom stereocenters. The number of benzene rings is 1. The van der Waals surface area contributed by atoms with Crippen molar-refractivity contribution in [3.63, 3.8) is 0 Å². The van der Waals surface area contributed by atoms with E-state index in [9.17, 15) is 0 Å². The highest BCUT2D eigenvalue weighted by Crippen LogP contribution is 2.38. The van der Waals surface area contributed by atoms with Crippen LogP contribution in [0.3, 0.4) is 0 Å². The molecule has 1 saturated carbocycles. The zero-order chi connectivity index (χ0) is 12.3. The quantitative estimate of drug-likeness (QED) is 0.676. The summed E-state index contributed by atoms with van der Waals surface area (Å²) in [5, 5.41) is 0.844. The van der Waals surface area contributed by atoms with E-state index in [0.29, 0.717) is 0 Å². The minimum atomic E-state index is 0.844. The van der Waals surface area contributed by atoms with E-state index in [1.54, 1.807) is 0 Å². The van der Waals surface area contributed by atoms with Crippen LogP contribution in [0.25, 0.3) is 0 Å². The summed E-state index contributed by atoms with van der Waals surface area (Å²) in [4.78, 5) is 0. The van der Waals surface area contributed by atoms with E-state index in [0.717, 1.165) is 22.8 Å². The van der Waals surface area contributed by atoms with Crippen LogP contribution in [0.4, 0.5) is 0 Å². The smallest absolute Gasteiger partial charge is 0.0406 e. The van der Waals surface area contributed by atoms with E-state index >= 15 is 0 Å². The normalized spacial score (nSPS) is 26.1. The average molecular weight is 251 g/mol. The van der Waals surface area contributed by atoms with Crippen LogP contribution < -0.4 is 0 Å². The van der Waals surface area contributed by atoms with Gasteiger partial charge >= 0.3 is 0 Å². The third kappa shape index (κ3) is 3.48. The first kappa shape index (κ1) is 13.0. The molecule has 1 fully saturated rings. The Morgan fingerprint density at radius 3 is 2.47 bits per heavy atom. The maximum Gasteiger partial charge on any atom is 0.0406 e. The Kier molecular flexibility index (Phi) is 4.50. The summed E-state index contributed by atoms with van der Waals surface area (Å²) < 4.78 is 0. The van der Waals surface area contributed by atoms with E-state index in [1.807, 2.05) is 12.1 Å².